The number of ether oxygens (including phenoxy) is 1. The van der Waals surface area contributed by atoms with Crippen LogP contribution in [0.5, 0.6) is 5.75 Å². The molecule has 0 saturated heterocycles. The Morgan fingerprint density at radius 1 is 1.23 bits per heavy atom. The number of fused-ring (bicyclic) bond motifs is 1. The van der Waals surface area contributed by atoms with Crippen molar-refractivity contribution < 1.29 is 23.1 Å². The van der Waals surface area contributed by atoms with Crippen LogP contribution < -0.4 is 10.1 Å². The summed E-state index contributed by atoms with van der Waals surface area (Å²) in [7, 11) is 0. The molecule has 1 N–H and O–H groups in total. The number of ketones is 1. The Hall–Kier alpha value is -1.98. The van der Waals surface area contributed by atoms with Gasteiger partial charge in [0.15, 0.2) is 5.78 Å². The molecule has 0 unspecified atom stereocenters. The maximum absolute atomic E-state index is 13.1. The second-order valence-electron chi connectivity index (χ2n) is 5.86. The van der Waals surface area contributed by atoms with Crippen molar-refractivity contribution in [3.8, 4) is 5.75 Å². The van der Waals surface area contributed by atoms with E-state index in [-0.39, 0.29) is 44.0 Å². The predicted octanol–water partition coefficient (Wildman–Crippen LogP) is 2.57. The number of alkyl halides is 2. The Labute approximate surface area is 126 Å². The summed E-state index contributed by atoms with van der Waals surface area (Å²) in [4.78, 5) is 24.5. The van der Waals surface area contributed by atoms with Crippen molar-refractivity contribution in [2.45, 2.75) is 37.6 Å². The number of rotatable bonds is 2. The smallest absolute Gasteiger partial charge is 0.248 e. The number of hydrogen-bond acceptors (Lipinski definition) is 3. The Morgan fingerprint density at radius 2 is 1.91 bits per heavy atom. The molecular weight excluding hydrogens is 292 g/mol. The second-order valence-corrected chi connectivity index (χ2v) is 5.86. The van der Waals surface area contributed by atoms with Crippen LogP contribution in [0, 0.1) is 5.92 Å². The molecule has 3 rings (SSSR count). The van der Waals surface area contributed by atoms with Crippen LogP contribution >= 0.6 is 0 Å². The van der Waals surface area contributed by atoms with Crippen LogP contribution in [0.2, 0.25) is 0 Å². The summed E-state index contributed by atoms with van der Waals surface area (Å²) in [6.07, 6.45) is -0.250. The normalized spacial score (nSPS) is 24.3. The topological polar surface area (TPSA) is 55.4 Å². The van der Waals surface area contributed by atoms with E-state index in [0.29, 0.717) is 11.3 Å². The molecule has 1 amide bonds. The van der Waals surface area contributed by atoms with Crippen molar-refractivity contribution in [2.75, 3.05) is 6.61 Å². The van der Waals surface area contributed by atoms with E-state index >= 15 is 0 Å². The quantitative estimate of drug-likeness (QED) is 0.913. The van der Waals surface area contributed by atoms with E-state index in [0.717, 1.165) is 0 Å². The van der Waals surface area contributed by atoms with Crippen molar-refractivity contribution in [1.82, 2.24) is 5.32 Å². The standard InChI is InChI=1S/C16H17F2NO3/c17-16(18)7-5-10(6-8-16)15(21)19-12-9-22-13-4-2-1-3-11(13)14(12)20/h1-4,10,12H,5-9H2,(H,19,21)/t12-/m1/s1. The number of carbonyl (C=O) groups is 2. The van der Waals surface area contributed by atoms with Crippen LogP contribution in [0.25, 0.3) is 0 Å². The molecule has 1 aromatic rings. The van der Waals surface area contributed by atoms with E-state index < -0.39 is 17.9 Å². The largest absolute Gasteiger partial charge is 0.490 e. The fraction of sp³-hybridized carbons (Fsp3) is 0.500. The lowest BCUT2D eigenvalue weighted by atomic mass is 9.86. The van der Waals surface area contributed by atoms with Gasteiger partial charge in [-0.15, -0.1) is 0 Å². The van der Waals surface area contributed by atoms with Gasteiger partial charge in [-0.3, -0.25) is 9.59 Å². The minimum absolute atomic E-state index is 0.0739. The number of hydrogen-bond donors (Lipinski definition) is 1. The van der Waals surface area contributed by atoms with Gasteiger partial charge in [-0.25, -0.2) is 8.78 Å². The third-order valence-electron chi connectivity index (χ3n) is 4.28. The Kier molecular flexibility index (Phi) is 3.85. The maximum atomic E-state index is 13.1. The zero-order chi connectivity index (χ0) is 15.7. The van der Waals surface area contributed by atoms with Crippen molar-refractivity contribution in [3.63, 3.8) is 0 Å². The predicted molar refractivity (Wildman–Crippen MR) is 75.1 cm³/mol. The number of carbonyl (C=O) groups excluding carboxylic acids is 2. The molecule has 1 aromatic carbocycles. The zero-order valence-electron chi connectivity index (χ0n) is 12.0. The monoisotopic (exact) mass is 309 g/mol. The van der Waals surface area contributed by atoms with Crippen molar-refractivity contribution in [1.29, 1.82) is 0 Å². The van der Waals surface area contributed by atoms with Crippen molar-refractivity contribution in [2.24, 2.45) is 5.92 Å². The molecule has 1 atom stereocenters. The lowest BCUT2D eigenvalue weighted by Gasteiger charge is -2.30. The minimum atomic E-state index is -2.67. The molecule has 4 nitrogen and oxygen atoms in total. The number of benzene rings is 1. The van der Waals surface area contributed by atoms with Crippen LogP contribution in [0.1, 0.15) is 36.0 Å². The van der Waals surface area contributed by atoms with Crippen molar-refractivity contribution >= 4 is 11.7 Å². The molecule has 1 fully saturated rings. The first kappa shape index (κ1) is 14.9. The molecule has 0 spiro atoms. The van der Waals surface area contributed by atoms with Gasteiger partial charge in [-0.2, -0.15) is 0 Å². The lowest BCUT2D eigenvalue weighted by molar-refractivity contribution is -0.129. The van der Waals surface area contributed by atoms with E-state index in [9.17, 15) is 18.4 Å². The molecule has 1 aliphatic carbocycles. The first-order chi connectivity index (χ1) is 10.5. The van der Waals surface area contributed by atoms with Gasteiger partial charge in [0.2, 0.25) is 11.8 Å². The van der Waals surface area contributed by atoms with Gasteiger partial charge in [0.1, 0.15) is 18.4 Å². The molecule has 1 aliphatic heterocycles. The van der Waals surface area contributed by atoms with Gasteiger partial charge in [0, 0.05) is 18.8 Å². The number of amides is 1. The summed E-state index contributed by atoms with van der Waals surface area (Å²) in [6.45, 7) is 0.0739. The zero-order valence-corrected chi connectivity index (χ0v) is 12.0. The minimum Gasteiger partial charge on any atom is -0.490 e. The third kappa shape index (κ3) is 2.96. The first-order valence-corrected chi connectivity index (χ1v) is 7.40. The van der Waals surface area contributed by atoms with E-state index in [4.69, 9.17) is 4.74 Å². The molecular formula is C16H17F2NO3. The highest BCUT2D eigenvalue weighted by Gasteiger charge is 2.39. The fourth-order valence-electron chi connectivity index (χ4n) is 2.93. The SMILES string of the molecule is O=C(N[C@@H]1COc2ccccc2C1=O)C1CCC(F)(F)CC1. The average molecular weight is 309 g/mol. The number of nitrogens with one attached hydrogen (secondary N) is 1. The summed E-state index contributed by atoms with van der Waals surface area (Å²) >= 11 is 0. The molecule has 1 saturated carbocycles. The van der Waals surface area contributed by atoms with Crippen LogP contribution in [0.4, 0.5) is 8.78 Å². The molecule has 6 heteroatoms. The number of halogens is 2. The van der Waals surface area contributed by atoms with Gasteiger partial charge in [-0.05, 0) is 25.0 Å². The highest BCUT2D eigenvalue weighted by molar-refractivity contribution is 6.05. The molecule has 118 valence electrons. The number of para-hydroxylation sites is 1. The lowest BCUT2D eigenvalue weighted by Crippen LogP contribution is -2.49. The summed E-state index contributed by atoms with van der Waals surface area (Å²) in [6, 6.07) is 6.11. The molecule has 2 aliphatic rings. The van der Waals surface area contributed by atoms with Gasteiger partial charge in [0.25, 0.3) is 0 Å². The second kappa shape index (κ2) is 5.66. The summed E-state index contributed by atoms with van der Waals surface area (Å²) in [5.74, 6) is -3.15. The molecule has 0 bridgehead atoms. The fourth-order valence-corrected chi connectivity index (χ4v) is 2.93. The summed E-state index contributed by atoms with van der Waals surface area (Å²) in [5, 5.41) is 2.65. The van der Waals surface area contributed by atoms with Crippen molar-refractivity contribution in [3.05, 3.63) is 29.8 Å². The molecule has 0 radical (unpaired) electrons. The van der Waals surface area contributed by atoms with Crippen LogP contribution in [-0.4, -0.2) is 30.3 Å². The third-order valence-corrected chi connectivity index (χ3v) is 4.28. The van der Waals surface area contributed by atoms with E-state index in [2.05, 4.69) is 5.32 Å². The first-order valence-electron chi connectivity index (χ1n) is 7.40. The van der Waals surface area contributed by atoms with E-state index in [1.807, 2.05) is 0 Å². The van der Waals surface area contributed by atoms with Crippen LogP contribution in [-0.2, 0) is 4.79 Å². The highest BCUT2D eigenvalue weighted by atomic mass is 19.3. The van der Waals surface area contributed by atoms with E-state index in [1.165, 1.54) is 0 Å². The summed E-state index contributed by atoms with van der Waals surface area (Å²) in [5.41, 5.74) is 0.439. The maximum Gasteiger partial charge on any atom is 0.248 e. The Bertz CT molecular complexity index is 593. The molecule has 0 aromatic heterocycles. The van der Waals surface area contributed by atoms with Gasteiger partial charge < -0.3 is 10.1 Å². The average Bonchev–Trinajstić information content (AvgIpc) is 2.50. The highest BCUT2D eigenvalue weighted by Crippen LogP contribution is 2.36. The van der Waals surface area contributed by atoms with Crippen LogP contribution in [0.3, 0.4) is 0 Å². The Morgan fingerprint density at radius 3 is 2.64 bits per heavy atom. The Balaban J connectivity index is 1.62. The van der Waals surface area contributed by atoms with Gasteiger partial charge in [0.05, 0.1) is 5.56 Å². The van der Waals surface area contributed by atoms with E-state index in [1.54, 1.807) is 24.3 Å². The summed E-state index contributed by atoms with van der Waals surface area (Å²) < 4.78 is 31.7. The molecule has 1 heterocycles. The van der Waals surface area contributed by atoms with Gasteiger partial charge in [-0.1, -0.05) is 12.1 Å². The molecule has 22 heavy (non-hydrogen) atoms. The van der Waals surface area contributed by atoms with Crippen LogP contribution in [0.15, 0.2) is 24.3 Å². The number of Topliss-reactive ketones (excluding diaryl/α,β-unsaturated/α-hetero) is 1. The van der Waals surface area contributed by atoms with Gasteiger partial charge >= 0.3 is 0 Å².